The molecule has 0 aliphatic heterocycles. The third-order valence-electron chi connectivity index (χ3n) is 1.84. The zero-order chi connectivity index (χ0) is 9.35. The van der Waals surface area contributed by atoms with Crippen LogP contribution in [0.4, 0.5) is 0 Å². The molecule has 0 aliphatic carbocycles. The summed E-state index contributed by atoms with van der Waals surface area (Å²) in [6.45, 7) is 8.41. The maximum absolute atomic E-state index is 9.26. The second kappa shape index (κ2) is 3.07. The molecule has 0 spiro atoms. The van der Waals surface area contributed by atoms with E-state index in [9.17, 15) is 5.11 Å². The lowest BCUT2D eigenvalue weighted by Crippen LogP contribution is -2.36. The standard InChI is InChI=1S/C9H16O2Si/c1-7(10)8-5-9(11-6-8)12(2,3)4/h5-7,10H,1-4H3. The Kier molecular flexibility index (Phi) is 2.44. The highest BCUT2D eigenvalue weighted by Gasteiger charge is 2.21. The zero-order valence-electron chi connectivity index (χ0n) is 8.09. The fourth-order valence-electron chi connectivity index (χ4n) is 0.963. The molecule has 0 bridgehead atoms. The summed E-state index contributed by atoms with van der Waals surface area (Å²) >= 11 is 0. The third-order valence-corrected chi connectivity index (χ3v) is 3.58. The molecule has 1 atom stereocenters. The zero-order valence-corrected chi connectivity index (χ0v) is 9.09. The van der Waals surface area contributed by atoms with Gasteiger partial charge in [0.2, 0.25) is 0 Å². The minimum Gasteiger partial charge on any atom is -0.474 e. The first kappa shape index (κ1) is 9.54. The van der Waals surface area contributed by atoms with Crippen molar-refractivity contribution in [3.8, 4) is 0 Å². The van der Waals surface area contributed by atoms with Gasteiger partial charge >= 0.3 is 0 Å². The van der Waals surface area contributed by atoms with E-state index in [4.69, 9.17) is 4.42 Å². The van der Waals surface area contributed by atoms with Crippen molar-refractivity contribution in [2.75, 3.05) is 0 Å². The van der Waals surface area contributed by atoms with Gasteiger partial charge in [0.05, 0.1) is 17.8 Å². The Morgan fingerprint density at radius 2 is 2.00 bits per heavy atom. The van der Waals surface area contributed by atoms with Gasteiger partial charge in [-0.1, -0.05) is 19.6 Å². The van der Waals surface area contributed by atoms with Gasteiger partial charge in [-0.15, -0.1) is 0 Å². The average molecular weight is 184 g/mol. The molecule has 3 heteroatoms. The van der Waals surface area contributed by atoms with Gasteiger partial charge in [-0.25, -0.2) is 0 Å². The first-order valence-electron chi connectivity index (χ1n) is 4.18. The molecule has 1 aromatic rings. The summed E-state index contributed by atoms with van der Waals surface area (Å²) in [4.78, 5) is 0. The molecule has 2 nitrogen and oxygen atoms in total. The second-order valence-electron chi connectivity index (χ2n) is 4.17. The summed E-state index contributed by atoms with van der Waals surface area (Å²) in [7, 11) is -1.34. The molecule has 1 unspecified atom stereocenters. The Bertz CT molecular complexity index is 258. The van der Waals surface area contributed by atoms with Crippen molar-refractivity contribution >= 4 is 13.5 Å². The molecular weight excluding hydrogens is 168 g/mol. The van der Waals surface area contributed by atoms with Crippen LogP contribution in [0.25, 0.3) is 0 Å². The fraction of sp³-hybridized carbons (Fsp3) is 0.556. The SMILES string of the molecule is CC(O)c1coc([Si](C)(C)C)c1. The molecule has 12 heavy (non-hydrogen) atoms. The van der Waals surface area contributed by atoms with E-state index in [0.29, 0.717) is 0 Å². The minimum absolute atomic E-state index is 0.418. The number of hydrogen-bond acceptors (Lipinski definition) is 2. The maximum atomic E-state index is 9.26. The molecule has 1 aromatic heterocycles. The van der Waals surface area contributed by atoms with E-state index in [2.05, 4.69) is 19.6 Å². The Labute approximate surface area is 74.2 Å². The first-order valence-corrected chi connectivity index (χ1v) is 7.68. The molecule has 68 valence electrons. The molecule has 1 N–H and O–H groups in total. The van der Waals surface area contributed by atoms with Gasteiger partial charge in [-0.05, 0) is 13.0 Å². The number of rotatable bonds is 2. The van der Waals surface area contributed by atoms with Crippen LogP contribution in [0.5, 0.6) is 0 Å². The smallest absolute Gasteiger partial charge is 0.123 e. The van der Waals surface area contributed by atoms with E-state index < -0.39 is 14.2 Å². The average Bonchev–Trinajstić information content (AvgIpc) is 2.30. The van der Waals surface area contributed by atoms with Crippen LogP contribution in [0.2, 0.25) is 19.6 Å². The van der Waals surface area contributed by atoms with Crippen molar-refractivity contribution in [2.45, 2.75) is 32.7 Å². The highest BCUT2D eigenvalue weighted by Crippen LogP contribution is 2.13. The summed E-state index contributed by atoms with van der Waals surface area (Å²) in [6.07, 6.45) is 1.23. The monoisotopic (exact) mass is 184 g/mol. The lowest BCUT2D eigenvalue weighted by molar-refractivity contribution is 0.198. The van der Waals surface area contributed by atoms with Gasteiger partial charge in [0, 0.05) is 5.56 Å². The largest absolute Gasteiger partial charge is 0.474 e. The van der Waals surface area contributed by atoms with Gasteiger partial charge in [0.15, 0.2) is 0 Å². The predicted molar refractivity (Wildman–Crippen MR) is 52.3 cm³/mol. The summed E-state index contributed by atoms with van der Waals surface area (Å²) in [5, 5.41) is 10.3. The molecule has 0 radical (unpaired) electrons. The van der Waals surface area contributed by atoms with E-state index in [1.54, 1.807) is 13.2 Å². The van der Waals surface area contributed by atoms with Gasteiger partial charge in [0.1, 0.15) is 8.07 Å². The molecule has 1 rings (SSSR count). The van der Waals surface area contributed by atoms with Crippen molar-refractivity contribution in [3.05, 3.63) is 17.9 Å². The van der Waals surface area contributed by atoms with Gasteiger partial charge in [-0.2, -0.15) is 0 Å². The number of aliphatic hydroxyl groups excluding tert-OH is 1. The lowest BCUT2D eigenvalue weighted by atomic mass is 10.2. The van der Waals surface area contributed by atoms with Gasteiger partial charge in [0.25, 0.3) is 0 Å². The topological polar surface area (TPSA) is 33.4 Å². The van der Waals surface area contributed by atoms with Crippen molar-refractivity contribution in [1.29, 1.82) is 0 Å². The van der Waals surface area contributed by atoms with E-state index in [1.165, 1.54) is 0 Å². The quantitative estimate of drug-likeness (QED) is 0.712. The minimum atomic E-state index is -1.34. The van der Waals surface area contributed by atoms with Crippen LogP contribution >= 0.6 is 0 Å². The molecule has 0 amide bonds. The predicted octanol–water partition coefficient (Wildman–Crippen LogP) is 1.88. The van der Waals surface area contributed by atoms with Crippen LogP contribution in [-0.4, -0.2) is 13.2 Å². The molecule has 0 aliphatic rings. The Morgan fingerprint density at radius 1 is 1.42 bits per heavy atom. The van der Waals surface area contributed by atoms with Crippen LogP contribution < -0.4 is 5.38 Å². The van der Waals surface area contributed by atoms with Gasteiger partial charge < -0.3 is 9.52 Å². The maximum Gasteiger partial charge on any atom is 0.123 e. The van der Waals surface area contributed by atoms with Gasteiger partial charge in [-0.3, -0.25) is 0 Å². The van der Waals surface area contributed by atoms with E-state index >= 15 is 0 Å². The van der Waals surface area contributed by atoms with Crippen LogP contribution in [0.15, 0.2) is 16.7 Å². The Balaban J connectivity index is 2.92. The second-order valence-corrected chi connectivity index (χ2v) is 9.16. The molecule has 0 fully saturated rings. The summed E-state index contributed by atoms with van der Waals surface area (Å²) in [6, 6.07) is 1.97. The van der Waals surface area contributed by atoms with Crippen LogP contribution in [0.3, 0.4) is 0 Å². The highest BCUT2D eigenvalue weighted by molar-refractivity contribution is 6.87. The summed E-state index contributed by atoms with van der Waals surface area (Å²) in [5.74, 6) is 0. The molecular formula is C9H16O2Si. The van der Waals surface area contributed by atoms with Crippen molar-refractivity contribution in [3.63, 3.8) is 0 Å². The summed E-state index contributed by atoms with van der Waals surface area (Å²) in [5.41, 5.74) is 0.882. The lowest BCUT2D eigenvalue weighted by Gasteiger charge is -2.10. The highest BCUT2D eigenvalue weighted by atomic mass is 28.3. The Morgan fingerprint density at radius 3 is 2.25 bits per heavy atom. The molecule has 0 saturated carbocycles. The summed E-state index contributed by atoms with van der Waals surface area (Å²) < 4.78 is 5.39. The van der Waals surface area contributed by atoms with Crippen molar-refractivity contribution < 1.29 is 9.52 Å². The van der Waals surface area contributed by atoms with Crippen LogP contribution in [-0.2, 0) is 0 Å². The van der Waals surface area contributed by atoms with Crippen molar-refractivity contribution in [2.24, 2.45) is 0 Å². The Hall–Kier alpha value is -0.543. The van der Waals surface area contributed by atoms with Crippen LogP contribution in [0.1, 0.15) is 18.6 Å². The molecule has 0 saturated heterocycles. The third kappa shape index (κ3) is 1.99. The van der Waals surface area contributed by atoms with Crippen molar-refractivity contribution in [1.82, 2.24) is 0 Å². The number of aliphatic hydroxyl groups is 1. The van der Waals surface area contributed by atoms with Crippen LogP contribution in [0, 0.1) is 0 Å². The van der Waals surface area contributed by atoms with E-state index in [1.807, 2.05) is 6.07 Å². The van der Waals surface area contributed by atoms with E-state index in [-0.39, 0.29) is 0 Å². The fourth-order valence-corrected chi connectivity index (χ4v) is 1.98. The first-order chi connectivity index (χ1) is 5.41. The molecule has 1 heterocycles. The molecule has 0 aromatic carbocycles. The van der Waals surface area contributed by atoms with E-state index in [0.717, 1.165) is 10.9 Å². The normalized spacial score (nSPS) is 14.8. The number of furan rings is 1. The number of hydrogen-bond donors (Lipinski definition) is 1.